The van der Waals surface area contributed by atoms with Gasteiger partial charge in [0, 0.05) is 10.8 Å². The van der Waals surface area contributed by atoms with Gasteiger partial charge in [-0.15, -0.1) is 0 Å². The number of phenols is 1. The molecule has 1 N–H and O–H groups in total. The van der Waals surface area contributed by atoms with E-state index in [0.717, 1.165) is 0 Å². The lowest BCUT2D eigenvalue weighted by Gasteiger charge is -2.32. The maximum absolute atomic E-state index is 11.8. The van der Waals surface area contributed by atoms with Crippen LogP contribution in [0.3, 0.4) is 0 Å². The van der Waals surface area contributed by atoms with Crippen molar-refractivity contribution in [2.75, 3.05) is 7.11 Å². The van der Waals surface area contributed by atoms with Crippen LogP contribution in [-0.2, 0) is 18.8 Å². The number of carbonyl (C=O) groups is 1. The Morgan fingerprint density at radius 3 is 2.35 bits per heavy atom. The Balaban J connectivity index is 2.38. The van der Waals surface area contributed by atoms with Crippen LogP contribution < -0.4 is 0 Å². The van der Waals surface area contributed by atoms with Crippen LogP contribution in [-0.4, -0.2) is 36.5 Å². The van der Waals surface area contributed by atoms with Gasteiger partial charge >= 0.3 is 13.1 Å². The Labute approximate surface area is 142 Å². The molecule has 23 heavy (non-hydrogen) atoms. The molecule has 0 amide bonds. The Morgan fingerprint density at radius 1 is 1.30 bits per heavy atom. The van der Waals surface area contributed by atoms with Crippen LogP contribution in [0.1, 0.15) is 45.5 Å². The minimum Gasteiger partial charge on any atom is -0.508 e. The molecule has 7 heteroatoms. The number of aromatic hydroxyl groups is 1. The lowest BCUT2D eigenvalue weighted by atomic mass is 9.66. The minimum absolute atomic E-state index is 0.0597. The molecule has 5 nitrogen and oxygen atoms in total. The average Bonchev–Trinajstić information content (AvgIpc) is 2.65. The number of ether oxygens (including phenoxy) is 1. The van der Waals surface area contributed by atoms with Gasteiger partial charge in [-0.25, -0.2) is 0 Å². The third kappa shape index (κ3) is 3.65. The first-order valence-electron chi connectivity index (χ1n) is 7.48. The zero-order valence-corrected chi connectivity index (χ0v) is 14.8. The van der Waals surface area contributed by atoms with Crippen LogP contribution in [0.5, 0.6) is 5.75 Å². The Bertz CT molecular complexity index is 586. The molecule has 1 unspecified atom stereocenters. The van der Waals surface area contributed by atoms with E-state index < -0.39 is 24.1 Å². The predicted molar refractivity (Wildman–Crippen MR) is 88.6 cm³/mol. The van der Waals surface area contributed by atoms with E-state index in [0.29, 0.717) is 10.6 Å². The number of methoxy groups -OCH3 is 1. The van der Waals surface area contributed by atoms with Gasteiger partial charge < -0.3 is 19.2 Å². The van der Waals surface area contributed by atoms with Crippen molar-refractivity contribution in [2.24, 2.45) is 0 Å². The number of esters is 1. The Morgan fingerprint density at radius 2 is 1.87 bits per heavy atom. The first kappa shape index (κ1) is 18.1. The molecule has 1 aliphatic heterocycles. The first-order chi connectivity index (χ1) is 10.6. The standard InChI is InChI=1S/C16H22BClO5/c1-15(2)16(3,4)23-17(22-15)12(9-14(20)21-5)11-7-6-10(19)8-13(11)18/h6-8,12,19H,9H2,1-5H3. The van der Waals surface area contributed by atoms with Gasteiger partial charge in [0.2, 0.25) is 0 Å². The summed E-state index contributed by atoms with van der Waals surface area (Å²) in [5.41, 5.74) is -0.362. The molecule has 0 saturated carbocycles. The fraction of sp³-hybridized carbons (Fsp3) is 0.562. The van der Waals surface area contributed by atoms with Crippen molar-refractivity contribution in [3.8, 4) is 5.75 Å². The van der Waals surface area contributed by atoms with Crippen molar-refractivity contribution < 1.29 is 23.9 Å². The molecular weight excluding hydrogens is 318 g/mol. The maximum atomic E-state index is 11.8. The van der Waals surface area contributed by atoms with Crippen LogP contribution in [0.15, 0.2) is 18.2 Å². The van der Waals surface area contributed by atoms with Crippen molar-refractivity contribution in [3.05, 3.63) is 28.8 Å². The zero-order chi connectivity index (χ0) is 17.4. The topological polar surface area (TPSA) is 65.0 Å². The van der Waals surface area contributed by atoms with E-state index in [-0.39, 0.29) is 18.1 Å². The van der Waals surface area contributed by atoms with E-state index in [2.05, 4.69) is 0 Å². The highest BCUT2D eigenvalue weighted by Crippen LogP contribution is 2.43. The number of phenolic OH excluding ortho intramolecular Hbond substituents is 1. The molecule has 126 valence electrons. The fourth-order valence-electron chi connectivity index (χ4n) is 2.49. The predicted octanol–water partition coefficient (Wildman–Crippen LogP) is 3.32. The molecular formula is C16H22BClO5. The number of halogens is 1. The average molecular weight is 341 g/mol. The zero-order valence-electron chi connectivity index (χ0n) is 14.1. The van der Waals surface area contributed by atoms with Gasteiger partial charge in [0.05, 0.1) is 24.7 Å². The quantitative estimate of drug-likeness (QED) is 0.673. The normalized spacial score (nSPS) is 20.3. The highest BCUT2D eigenvalue weighted by atomic mass is 35.5. The number of carbonyl (C=O) groups excluding carboxylic acids is 1. The summed E-state index contributed by atoms with van der Waals surface area (Å²) in [5.74, 6) is -0.755. The summed E-state index contributed by atoms with van der Waals surface area (Å²) in [6.45, 7) is 7.78. The lowest BCUT2D eigenvalue weighted by Crippen LogP contribution is -2.41. The van der Waals surface area contributed by atoms with E-state index in [1.54, 1.807) is 6.07 Å². The highest BCUT2D eigenvalue weighted by molar-refractivity contribution is 6.48. The van der Waals surface area contributed by atoms with Gasteiger partial charge in [0.15, 0.2) is 0 Å². The molecule has 0 aromatic heterocycles. The second-order valence-electron chi connectivity index (χ2n) is 6.72. The molecule has 1 fully saturated rings. The summed E-state index contributed by atoms with van der Waals surface area (Å²) in [6, 6.07) is 4.64. The van der Waals surface area contributed by atoms with Gasteiger partial charge in [-0.2, -0.15) is 0 Å². The van der Waals surface area contributed by atoms with Crippen LogP contribution >= 0.6 is 11.6 Å². The van der Waals surface area contributed by atoms with Crippen LogP contribution in [0, 0.1) is 0 Å². The van der Waals surface area contributed by atoms with Crippen molar-refractivity contribution in [3.63, 3.8) is 0 Å². The van der Waals surface area contributed by atoms with Crippen LogP contribution in [0.2, 0.25) is 5.02 Å². The molecule has 1 saturated heterocycles. The van der Waals surface area contributed by atoms with Crippen LogP contribution in [0.25, 0.3) is 0 Å². The first-order valence-corrected chi connectivity index (χ1v) is 7.86. The van der Waals surface area contributed by atoms with E-state index in [4.69, 9.17) is 25.6 Å². The number of hydrogen-bond acceptors (Lipinski definition) is 5. The molecule has 1 aliphatic rings. The Kier molecular flexibility index (Phi) is 4.99. The van der Waals surface area contributed by atoms with Crippen molar-refractivity contribution >= 4 is 24.7 Å². The smallest absolute Gasteiger partial charge is 0.466 e. The molecule has 1 atom stereocenters. The summed E-state index contributed by atoms with van der Waals surface area (Å²) >= 11 is 6.25. The van der Waals surface area contributed by atoms with Crippen molar-refractivity contribution in [1.82, 2.24) is 0 Å². The largest absolute Gasteiger partial charge is 0.508 e. The second kappa shape index (κ2) is 6.34. The third-order valence-electron chi connectivity index (χ3n) is 4.60. The van der Waals surface area contributed by atoms with Gasteiger partial charge in [0.1, 0.15) is 5.75 Å². The SMILES string of the molecule is COC(=O)CC(B1OC(C)(C)C(C)(C)O1)c1ccc(O)cc1Cl. The van der Waals surface area contributed by atoms with E-state index in [1.807, 2.05) is 27.7 Å². The molecule has 1 aromatic rings. The van der Waals surface area contributed by atoms with Crippen molar-refractivity contribution in [2.45, 2.75) is 51.1 Å². The number of rotatable bonds is 4. The third-order valence-corrected chi connectivity index (χ3v) is 4.93. The molecule has 1 aromatic carbocycles. The maximum Gasteiger partial charge on any atom is 0.466 e. The molecule has 0 bridgehead atoms. The monoisotopic (exact) mass is 340 g/mol. The summed E-state index contributed by atoms with van der Waals surface area (Å²) in [4.78, 5) is 11.8. The summed E-state index contributed by atoms with van der Waals surface area (Å²) in [5, 5.41) is 9.90. The van der Waals surface area contributed by atoms with Gasteiger partial charge in [0.25, 0.3) is 0 Å². The lowest BCUT2D eigenvalue weighted by molar-refractivity contribution is -0.140. The van der Waals surface area contributed by atoms with E-state index >= 15 is 0 Å². The van der Waals surface area contributed by atoms with Gasteiger partial charge in [-0.05, 0) is 45.4 Å². The molecule has 2 rings (SSSR count). The molecule has 0 aliphatic carbocycles. The fourth-order valence-corrected chi connectivity index (χ4v) is 2.80. The number of benzene rings is 1. The number of hydrogen-bond donors (Lipinski definition) is 1. The molecule has 0 radical (unpaired) electrons. The Hall–Kier alpha value is -1.24. The van der Waals surface area contributed by atoms with E-state index in [9.17, 15) is 9.90 Å². The van der Waals surface area contributed by atoms with E-state index in [1.165, 1.54) is 19.2 Å². The second-order valence-corrected chi connectivity index (χ2v) is 7.12. The summed E-state index contributed by atoms with van der Waals surface area (Å²) in [7, 11) is 0.698. The summed E-state index contributed by atoms with van der Waals surface area (Å²) < 4.78 is 16.9. The summed E-state index contributed by atoms with van der Waals surface area (Å²) in [6.07, 6.45) is 0.0673. The van der Waals surface area contributed by atoms with Gasteiger partial charge in [-0.1, -0.05) is 17.7 Å². The minimum atomic E-state index is -0.638. The molecule has 0 spiro atoms. The highest BCUT2D eigenvalue weighted by Gasteiger charge is 2.54. The molecule has 1 heterocycles. The van der Waals surface area contributed by atoms with Crippen molar-refractivity contribution in [1.29, 1.82) is 0 Å². The van der Waals surface area contributed by atoms with Gasteiger partial charge in [-0.3, -0.25) is 4.79 Å². The van der Waals surface area contributed by atoms with Crippen LogP contribution in [0.4, 0.5) is 0 Å².